The van der Waals surface area contributed by atoms with E-state index in [2.05, 4.69) is 179 Å². The molecule has 6 heteroatoms. The van der Waals surface area contributed by atoms with Gasteiger partial charge in [0.15, 0.2) is 6.10 Å². The molecule has 0 radical (unpaired) electrons. The highest BCUT2D eigenvalue weighted by Gasteiger charge is 2.19. The van der Waals surface area contributed by atoms with E-state index in [9.17, 15) is 14.4 Å². The molecule has 0 bridgehead atoms. The third kappa shape index (κ3) is 55.6. The van der Waals surface area contributed by atoms with Crippen LogP contribution >= 0.6 is 0 Å². The number of carbonyl (C=O) groups excluding carboxylic acids is 3. The van der Waals surface area contributed by atoms with Crippen LogP contribution in [0, 0.1) is 0 Å². The molecule has 6 nitrogen and oxygen atoms in total. The second-order valence-electron chi connectivity index (χ2n) is 17.4. The first-order valence-corrected chi connectivity index (χ1v) is 27.6. The minimum Gasteiger partial charge on any atom is -0.462 e. The minimum atomic E-state index is -0.868. The van der Waals surface area contributed by atoms with Gasteiger partial charge in [-0.05, 0) is 128 Å². The van der Waals surface area contributed by atoms with Crippen LogP contribution in [0.5, 0.6) is 0 Å². The first-order chi connectivity index (χ1) is 35.0. The first kappa shape index (κ1) is 65.8. The Morgan fingerprint density at radius 1 is 0.296 bits per heavy atom. The van der Waals surface area contributed by atoms with Crippen molar-refractivity contribution in [2.75, 3.05) is 13.2 Å². The summed E-state index contributed by atoms with van der Waals surface area (Å²) in [6.07, 6.45) is 85.1. The van der Waals surface area contributed by atoms with Gasteiger partial charge in [0, 0.05) is 19.3 Å². The summed E-state index contributed by atoms with van der Waals surface area (Å²) < 4.78 is 16.7. The fourth-order valence-electron chi connectivity index (χ4n) is 6.64. The summed E-state index contributed by atoms with van der Waals surface area (Å²) in [6, 6.07) is 0. The molecule has 0 amide bonds. The van der Waals surface area contributed by atoms with Crippen molar-refractivity contribution in [1.29, 1.82) is 0 Å². The van der Waals surface area contributed by atoms with Crippen molar-refractivity contribution in [2.24, 2.45) is 0 Å². The molecule has 0 aromatic heterocycles. The second-order valence-corrected chi connectivity index (χ2v) is 17.4. The standard InChI is InChI=1S/C65H98O6/c1-4-7-10-13-16-19-22-25-28-31-32-35-37-40-43-46-49-52-55-58-64(67)70-61-62(71-65(68)59-56-53-50-47-44-41-38-34-30-27-24-21-18-15-12-9-6-3)60-69-63(66)57-54-51-48-45-42-39-36-33-29-26-23-20-17-14-11-8-5-2/h7,9-10,12,16,18-19,21,25-30,32,35-36,38-41,43,45,47-50,52,62H,4-6,8,11,13-15,17,20,22-24,31,33-34,37,42,44,46,51,53-61H2,1-3H3/b10-7-,12-9-,19-16-,21-18-,28-25-,29-26-,30-27-,35-32-,39-36-,41-38-,43-40-,48-45-,50-47-,52-49-. The Morgan fingerprint density at radius 3 is 0.944 bits per heavy atom. The molecule has 0 aromatic carbocycles. The van der Waals surface area contributed by atoms with Gasteiger partial charge >= 0.3 is 17.9 Å². The van der Waals surface area contributed by atoms with Crippen molar-refractivity contribution in [3.63, 3.8) is 0 Å². The molecule has 0 rings (SSSR count). The van der Waals surface area contributed by atoms with Crippen LogP contribution in [0.25, 0.3) is 0 Å². The van der Waals surface area contributed by atoms with Gasteiger partial charge in [-0.15, -0.1) is 0 Å². The second kappa shape index (κ2) is 57.3. The fraction of sp³-hybridized carbons (Fsp3) is 0.523. The Morgan fingerprint density at radius 2 is 0.577 bits per heavy atom. The highest BCUT2D eigenvalue weighted by molar-refractivity contribution is 5.71. The lowest BCUT2D eigenvalue weighted by atomic mass is 10.1. The van der Waals surface area contributed by atoms with E-state index in [1.807, 2.05) is 12.2 Å². The van der Waals surface area contributed by atoms with Gasteiger partial charge in [-0.1, -0.05) is 223 Å². The number of rotatable bonds is 47. The summed E-state index contributed by atoms with van der Waals surface area (Å²) in [6.45, 7) is 6.22. The molecule has 0 heterocycles. The minimum absolute atomic E-state index is 0.159. The normalized spacial score (nSPS) is 13.5. The summed E-state index contributed by atoms with van der Waals surface area (Å²) in [5, 5.41) is 0. The van der Waals surface area contributed by atoms with Crippen molar-refractivity contribution in [3.8, 4) is 0 Å². The average molecular weight is 975 g/mol. The smallest absolute Gasteiger partial charge is 0.306 e. The van der Waals surface area contributed by atoms with E-state index in [0.717, 1.165) is 96.3 Å². The molecule has 0 N–H and O–H groups in total. The van der Waals surface area contributed by atoms with Crippen LogP contribution in [0.4, 0.5) is 0 Å². The van der Waals surface area contributed by atoms with Crippen molar-refractivity contribution in [3.05, 3.63) is 170 Å². The quantitative estimate of drug-likeness (QED) is 0.0262. The van der Waals surface area contributed by atoms with Gasteiger partial charge in [0.2, 0.25) is 0 Å². The van der Waals surface area contributed by atoms with Crippen molar-refractivity contribution >= 4 is 17.9 Å². The maximum absolute atomic E-state index is 12.8. The number of ether oxygens (including phenoxy) is 3. The lowest BCUT2D eigenvalue weighted by Gasteiger charge is -2.18. The highest BCUT2D eigenvalue weighted by Crippen LogP contribution is 2.10. The molecule has 0 aliphatic heterocycles. The lowest BCUT2D eigenvalue weighted by Crippen LogP contribution is -2.30. The summed E-state index contributed by atoms with van der Waals surface area (Å²) in [7, 11) is 0. The number of hydrogen-bond donors (Lipinski definition) is 0. The van der Waals surface area contributed by atoms with E-state index in [1.165, 1.54) is 44.9 Å². The molecular weight excluding hydrogens is 877 g/mol. The van der Waals surface area contributed by atoms with E-state index in [-0.39, 0.29) is 38.4 Å². The zero-order chi connectivity index (χ0) is 51.4. The Bertz CT molecular complexity index is 1690. The van der Waals surface area contributed by atoms with Crippen LogP contribution in [0.2, 0.25) is 0 Å². The molecule has 0 saturated heterocycles. The Kier molecular flexibility index (Phi) is 53.1. The van der Waals surface area contributed by atoms with E-state index in [0.29, 0.717) is 19.3 Å². The zero-order valence-electron chi connectivity index (χ0n) is 44.9. The molecule has 1 unspecified atom stereocenters. The molecule has 0 aliphatic rings. The largest absolute Gasteiger partial charge is 0.462 e. The summed E-state index contributed by atoms with van der Waals surface area (Å²) in [5.74, 6) is -1.16. The lowest BCUT2D eigenvalue weighted by molar-refractivity contribution is -0.166. The summed E-state index contributed by atoms with van der Waals surface area (Å²) in [4.78, 5) is 38.1. The summed E-state index contributed by atoms with van der Waals surface area (Å²) >= 11 is 0. The molecule has 1 atom stereocenters. The first-order valence-electron chi connectivity index (χ1n) is 27.6. The van der Waals surface area contributed by atoms with Gasteiger partial charge in [0.1, 0.15) is 13.2 Å². The SMILES string of the molecule is CC/C=C\C/C=C\C/C=C\C/C=C\C/C=C\C/C=C\CCC(=O)OCC(COC(=O)CCC/C=C\C/C=C\C/C=C\CCCCCCCC)OC(=O)CCC/C=C\C/C=C\C/C=C\C/C=C\C/C=C\CC. The van der Waals surface area contributed by atoms with Gasteiger partial charge in [-0.2, -0.15) is 0 Å². The number of hydrogen-bond acceptors (Lipinski definition) is 6. The van der Waals surface area contributed by atoms with Crippen LogP contribution < -0.4 is 0 Å². The number of allylic oxidation sites excluding steroid dienone is 28. The molecule has 0 aromatic rings. The van der Waals surface area contributed by atoms with Gasteiger partial charge in [-0.25, -0.2) is 0 Å². The fourth-order valence-corrected chi connectivity index (χ4v) is 6.64. The van der Waals surface area contributed by atoms with Gasteiger partial charge in [0.05, 0.1) is 0 Å². The molecule has 71 heavy (non-hydrogen) atoms. The predicted molar refractivity (Wildman–Crippen MR) is 306 cm³/mol. The topological polar surface area (TPSA) is 78.9 Å². The van der Waals surface area contributed by atoms with Crippen LogP contribution in [0.15, 0.2) is 170 Å². The van der Waals surface area contributed by atoms with Crippen molar-refractivity contribution < 1.29 is 28.6 Å². The third-order valence-electron chi connectivity index (χ3n) is 10.7. The summed E-state index contributed by atoms with van der Waals surface area (Å²) in [5.41, 5.74) is 0. The Hall–Kier alpha value is -5.23. The van der Waals surface area contributed by atoms with E-state index in [4.69, 9.17) is 14.2 Å². The Balaban J connectivity index is 4.70. The highest BCUT2D eigenvalue weighted by atomic mass is 16.6. The molecule has 0 saturated carbocycles. The molecule has 0 spiro atoms. The molecule has 0 fully saturated rings. The monoisotopic (exact) mass is 975 g/mol. The van der Waals surface area contributed by atoms with Gasteiger partial charge in [0.25, 0.3) is 0 Å². The number of esters is 3. The van der Waals surface area contributed by atoms with Gasteiger partial charge in [-0.3, -0.25) is 14.4 Å². The average Bonchev–Trinajstić information content (AvgIpc) is 3.37. The van der Waals surface area contributed by atoms with E-state index in [1.54, 1.807) is 0 Å². The van der Waals surface area contributed by atoms with Crippen LogP contribution in [0.3, 0.4) is 0 Å². The zero-order valence-corrected chi connectivity index (χ0v) is 44.9. The maximum atomic E-state index is 12.8. The van der Waals surface area contributed by atoms with Crippen LogP contribution in [0.1, 0.15) is 201 Å². The molecule has 394 valence electrons. The number of unbranched alkanes of at least 4 members (excludes halogenated alkanes) is 8. The molecular formula is C65H98O6. The van der Waals surface area contributed by atoms with E-state index >= 15 is 0 Å². The molecule has 0 aliphatic carbocycles. The van der Waals surface area contributed by atoms with Crippen LogP contribution in [-0.4, -0.2) is 37.2 Å². The maximum Gasteiger partial charge on any atom is 0.306 e. The third-order valence-corrected chi connectivity index (χ3v) is 10.7. The van der Waals surface area contributed by atoms with Crippen LogP contribution in [-0.2, 0) is 28.6 Å². The Labute approximate surface area is 434 Å². The van der Waals surface area contributed by atoms with E-state index < -0.39 is 18.0 Å². The van der Waals surface area contributed by atoms with Crippen molar-refractivity contribution in [2.45, 2.75) is 207 Å². The number of carbonyl (C=O) groups is 3. The van der Waals surface area contributed by atoms with Gasteiger partial charge < -0.3 is 14.2 Å². The predicted octanol–water partition coefficient (Wildman–Crippen LogP) is 18.8. The van der Waals surface area contributed by atoms with Crippen molar-refractivity contribution in [1.82, 2.24) is 0 Å².